The predicted molar refractivity (Wildman–Crippen MR) is 59.1 cm³/mol. The predicted octanol–water partition coefficient (Wildman–Crippen LogP) is 2.75. The number of carboxylic acids is 1. The molecule has 1 N–H and O–H groups in total. The summed E-state index contributed by atoms with van der Waals surface area (Å²) in [4.78, 5) is 14.5. The Morgan fingerprint density at radius 2 is 2.12 bits per heavy atom. The zero-order valence-electron chi connectivity index (χ0n) is 8.65. The van der Waals surface area contributed by atoms with Crippen LogP contribution in [0.5, 0.6) is 5.75 Å². The van der Waals surface area contributed by atoms with Crippen LogP contribution in [0.25, 0.3) is 0 Å². The summed E-state index contributed by atoms with van der Waals surface area (Å²) < 4.78 is 5.66. The molecule has 1 aliphatic rings. The Labute approximate surface area is 98.2 Å². The maximum Gasteiger partial charge on any atom is 0.354 e. The molecule has 2 rings (SSSR count). The minimum absolute atomic E-state index is 0.0829. The highest BCUT2D eigenvalue weighted by Crippen LogP contribution is 2.25. The van der Waals surface area contributed by atoms with E-state index in [1.165, 1.54) is 6.07 Å². The minimum Gasteiger partial charge on any atom is -0.490 e. The second-order valence-electron chi connectivity index (χ2n) is 3.84. The third kappa shape index (κ3) is 2.64. The molecule has 0 aliphatic heterocycles. The van der Waals surface area contributed by atoms with Crippen molar-refractivity contribution < 1.29 is 14.6 Å². The molecular weight excluding hydrogens is 230 g/mol. The quantitative estimate of drug-likeness (QED) is 0.827. The second-order valence-corrected chi connectivity index (χ2v) is 4.23. The van der Waals surface area contributed by atoms with Gasteiger partial charge < -0.3 is 9.84 Å². The third-order valence-electron chi connectivity index (χ3n) is 2.59. The Hall–Kier alpha value is -1.29. The van der Waals surface area contributed by atoms with Gasteiger partial charge in [0.05, 0.1) is 6.10 Å². The average molecular weight is 242 g/mol. The van der Waals surface area contributed by atoms with Crippen LogP contribution >= 0.6 is 11.6 Å². The van der Waals surface area contributed by atoms with E-state index in [1.54, 1.807) is 6.07 Å². The molecule has 1 aliphatic carbocycles. The summed E-state index contributed by atoms with van der Waals surface area (Å²) in [7, 11) is 0. The van der Waals surface area contributed by atoms with Crippen LogP contribution in [0.3, 0.4) is 0 Å². The van der Waals surface area contributed by atoms with Crippen LogP contribution in [0.4, 0.5) is 0 Å². The molecule has 1 saturated carbocycles. The highest BCUT2D eigenvalue weighted by Gasteiger charge is 2.17. The fraction of sp³-hybridized carbons (Fsp3) is 0.455. The molecule has 4 nitrogen and oxygen atoms in total. The molecule has 0 atom stereocenters. The van der Waals surface area contributed by atoms with Gasteiger partial charge in [0.1, 0.15) is 10.9 Å². The molecule has 0 unspecified atom stereocenters. The van der Waals surface area contributed by atoms with Crippen LogP contribution in [0.1, 0.15) is 36.2 Å². The van der Waals surface area contributed by atoms with E-state index in [2.05, 4.69) is 4.98 Å². The Bertz CT molecular complexity index is 402. The van der Waals surface area contributed by atoms with Gasteiger partial charge >= 0.3 is 5.97 Å². The first-order chi connectivity index (χ1) is 7.65. The molecule has 0 radical (unpaired) electrons. The molecular formula is C11H12ClNO3. The van der Waals surface area contributed by atoms with Crippen molar-refractivity contribution in [3.8, 4) is 5.75 Å². The lowest BCUT2D eigenvalue weighted by Crippen LogP contribution is -2.12. The summed E-state index contributed by atoms with van der Waals surface area (Å²) >= 11 is 5.73. The van der Waals surface area contributed by atoms with Gasteiger partial charge in [-0.25, -0.2) is 9.78 Å². The number of aromatic carboxylic acids is 1. The first-order valence-electron chi connectivity index (χ1n) is 5.22. The molecule has 0 aromatic carbocycles. The van der Waals surface area contributed by atoms with Gasteiger partial charge in [-0.1, -0.05) is 11.6 Å². The molecule has 0 saturated heterocycles. The molecule has 0 spiro atoms. The Morgan fingerprint density at radius 1 is 1.44 bits per heavy atom. The second kappa shape index (κ2) is 4.70. The van der Waals surface area contributed by atoms with Crippen LogP contribution in [-0.2, 0) is 0 Å². The van der Waals surface area contributed by atoms with Gasteiger partial charge in [0.15, 0.2) is 5.69 Å². The van der Waals surface area contributed by atoms with E-state index in [0.29, 0.717) is 5.75 Å². The summed E-state index contributed by atoms with van der Waals surface area (Å²) in [5.74, 6) is -0.608. The standard InChI is InChI=1S/C11H12ClNO3/c12-10-6-8(5-9(13-10)11(14)15)16-7-3-1-2-4-7/h5-7H,1-4H2,(H,14,15). The number of ether oxygens (including phenoxy) is 1. The molecule has 0 bridgehead atoms. The van der Waals surface area contributed by atoms with Gasteiger partial charge in [-0.05, 0) is 25.7 Å². The number of carboxylic acid groups (broad SMARTS) is 1. The van der Waals surface area contributed by atoms with E-state index in [0.717, 1.165) is 25.7 Å². The van der Waals surface area contributed by atoms with Crippen LogP contribution in [0.15, 0.2) is 12.1 Å². The lowest BCUT2D eigenvalue weighted by Gasteiger charge is -2.13. The van der Waals surface area contributed by atoms with Crippen molar-refractivity contribution in [2.75, 3.05) is 0 Å². The van der Waals surface area contributed by atoms with Crippen molar-refractivity contribution in [3.63, 3.8) is 0 Å². The van der Waals surface area contributed by atoms with Crippen molar-refractivity contribution in [2.24, 2.45) is 0 Å². The molecule has 86 valence electrons. The SMILES string of the molecule is O=C(O)c1cc(OC2CCCC2)cc(Cl)n1. The highest BCUT2D eigenvalue weighted by atomic mass is 35.5. The largest absolute Gasteiger partial charge is 0.490 e. The lowest BCUT2D eigenvalue weighted by molar-refractivity contribution is 0.0689. The number of hydrogen-bond donors (Lipinski definition) is 1. The molecule has 0 amide bonds. The van der Waals surface area contributed by atoms with E-state index in [9.17, 15) is 4.79 Å². The zero-order chi connectivity index (χ0) is 11.5. The van der Waals surface area contributed by atoms with Crippen LogP contribution in [0, 0.1) is 0 Å². The molecule has 1 heterocycles. The van der Waals surface area contributed by atoms with E-state index in [4.69, 9.17) is 21.4 Å². The molecule has 1 aromatic heterocycles. The topological polar surface area (TPSA) is 59.4 Å². The fourth-order valence-electron chi connectivity index (χ4n) is 1.85. The van der Waals surface area contributed by atoms with Crippen LogP contribution < -0.4 is 4.74 Å². The molecule has 1 fully saturated rings. The van der Waals surface area contributed by atoms with Crippen molar-refractivity contribution in [3.05, 3.63) is 23.0 Å². The summed E-state index contributed by atoms with van der Waals surface area (Å²) in [6, 6.07) is 2.96. The maximum absolute atomic E-state index is 10.8. The highest BCUT2D eigenvalue weighted by molar-refractivity contribution is 6.29. The van der Waals surface area contributed by atoms with Gasteiger partial charge in [-0.15, -0.1) is 0 Å². The van der Waals surface area contributed by atoms with Crippen LogP contribution in [-0.4, -0.2) is 22.2 Å². The van der Waals surface area contributed by atoms with Crippen molar-refractivity contribution in [2.45, 2.75) is 31.8 Å². The number of hydrogen-bond acceptors (Lipinski definition) is 3. The number of halogens is 1. The average Bonchev–Trinajstić information content (AvgIpc) is 2.69. The molecule has 1 aromatic rings. The van der Waals surface area contributed by atoms with Gasteiger partial charge in [0.2, 0.25) is 0 Å². The number of carbonyl (C=O) groups is 1. The van der Waals surface area contributed by atoms with Crippen LogP contribution in [0.2, 0.25) is 5.15 Å². The molecule has 5 heteroatoms. The first-order valence-corrected chi connectivity index (χ1v) is 5.60. The van der Waals surface area contributed by atoms with E-state index < -0.39 is 5.97 Å². The van der Waals surface area contributed by atoms with E-state index in [1.807, 2.05) is 0 Å². The minimum atomic E-state index is -1.10. The maximum atomic E-state index is 10.8. The van der Waals surface area contributed by atoms with E-state index in [-0.39, 0.29) is 17.0 Å². The molecule has 16 heavy (non-hydrogen) atoms. The first kappa shape index (κ1) is 11.2. The van der Waals surface area contributed by atoms with Crippen molar-refractivity contribution in [1.82, 2.24) is 4.98 Å². The van der Waals surface area contributed by atoms with Gasteiger partial charge in [0, 0.05) is 12.1 Å². The Balaban J connectivity index is 2.16. The number of aromatic nitrogens is 1. The zero-order valence-corrected chi connectivity index (χ0v) is 9.41. The van der Waals surface area contributed by atoms with Gasteiger partial charge in [-0.2, -0.15) is 0 Å². The number of pyridine rings is 1. The normalized spacial score (nSPS) is 16.3. The smallest absolute Gasteiger partial charge is 0.354 e. The van der Waals surface area contributed by atoms with Crippen molar-refractivity contribution >= 4 is 17.6 Å². The Morgan fingerprint density at radius 3 is 2.75 bits per heavy atom. The van der Waals surface area contributed by atoms with Gasteiger partial charge in [0.25, 0.3) is 0 Å². The van der Waals surface area contributed by atoms with E-state index >= 15 is 0 Å². The third-order valence-corrected chi connectivity index (χ3v) is 2.79. The Kier molecular flexibility index (Phi) is 3.29. The summed E-state index contributed by atoms with van der Waals surface area (Å²) in [5.41, 5.74) is -0.0829. The number of nitrogens with zero attached hydrogens (tertiary/aromatic N) is 1. The summed E-state index contributed by atoms with van der Waals surface area (Å²) in [6.07, 6.45) is 4.54. The van der Waals surface area contributed by atoms with Gasteiger partial charge in [-0.3, -0.25) is 0 Å². The fourth-order valence-corrected chi connectivity index (χ4v) is 2.05. The monoisotopic (exact) mass is 241 g/mol. The lowest BCUT2D eigenvalue weighted by atomic mass is 10.3. The number of rotatable bonds is 3. The summed E-state index contributed by atoms with van der Waals surface area (Å²) in [5, 5.41) is 8.96. The van der Waals surface area contributed by atoms with Crippen molar-refractivity contribution in [1.29, 1.82) is 0 Å². The summed E-state index contributed by atoms with van der Waals surface area (Å²) in [6.45, 7) is 0.